The van der Waals surface area contributed by atoms with Crippen LogP contribution in [0, 0.1) is 6.92 Å². The highest BCUT2D eigenvalue weighted by Gasteiger charge is 2.20. The Morgan fingerprint density at radius 2 is 1.77 bits per heavy atom. The lowest BCUT2D eigenvalue weighted by Gasteiger charge is -2.13. The van der Waals surface area contributed by atoms with Gasteiger partial charge in [0.2, 0.25) is 0 Å². The number of halogens is 1. The molecule has 0 aliphatic carbocycles. The van der Waals surface area contributed by atoms with E-state index in [1.807, 2.05) is 66.1 Å². The number of carbonyl (C=O) groups is 1. The fourth-order valence-corrected chi connectivity index (χ4v) is 3.02. The van der Waals surface area contributed by atoms with E-state index in [4.69, 9.17) is 0 Å². The van der Waals surface area contributed by atoms with Crippen LogP contribution in [0.5, 0.6) is 0 Å². The summed E-state index contributed by atoms with van der Waals surface area (Å²) in [6.07, 6.45) is 0. The van der Waals surface area contributed by atoms with Crippen molar-refractivity contribution in [2.75, 3.05) is 0 Å². The van der Waals surface area contributed by atoms with Crippen molar-refractivity contribution in [1.82, 2.24) is 4.57 Å². The van der Waals surface area contributed by atoms with E-state index >= 15 is 0 Å². The van der Waals surface area contributed by atoms with Gasteiger partial charge in [0.15, 0.2) is 0 Å². The van der Waals surface area contributed by atoms with Crippen molar-refractivity contribution in [2.45, 2.75) is 6.92 Å². The lowest BCUT2D eigenvalue weighted by Crippen LogP contribution is -2.02. The fourth-order valence-electron chi connectivity index (χ4n) is 2.63. The van der Waals surface area contributed by atoms with E-state index in [1.54, 1.807) is 6.07 Å². The molecule has 1 aromatic heterocycles. The SMILES string of the molecule is Cc1cc(C(=O)O)c(-c2ccccc2)n1-c1cccc(Br)c1. The predicted molar refractivity (Wildman–Crippen MR) is 90.6 cm³/mol. The van der Waals surface area contributed by atoms with Gasteiger partial charge in [-0.3, -0.25) is 0 Å². The van der Waals surface area contributed by atoms with Crippen molar-refractivity contribution in [2.24, 2.45) is 0 Å². The molecule has 0 spiro atoms. The number of aryl methyl sites for hydroxylation is 1. The summed E-state index contributed by atoms with van der Waals surface area (Å²) in [7, 11) is 0. The van der Waals surface area contributed by atoms with Gasteiger partial charge in [-0.2, -0.15) is 0 Å². The summed E-state index contributed by atoms with van der Waals surface area (Å²) in [5.41, 5.74) is 3.70. The van der Waals surface area contributed by atoms with Crippen LogP contribution in [0.3, 0.4) is 0 Å². The molecule has 2 aromatic carbocycles. The van der Waals surface area contributed by atoms with Crippen LogP contribution in [0.4, 0.5) is 0 Å². The number of hydrogen-bond donors (Lipinski definition) is 1. The first-order chi connectivity index (χ1) is 10.6. The molecule has 0 amide bonds. The van der Waals surface area contributed by atoms with E-state index in [2.05, 4.69) is 15.9 Å². The highest BCUT2D eigenvalue weighted by Crippen LogP contribution is 2.31. The largest absolute Gasteiger partial charge is 0.478 e. The van der Waals surface area contributed by atoms with Crippen molar-refractivity contribution in [3.8, 4) is 16.9 Å². The molecule has 0 bridgehead atoms. The van der Waals surface area contributed by atoms with Crippen molar-refractivity contribution in [3.63, 3.8) is 0 Å². The average Bonchev–Trinajstić information content (AvgIpc) is 2.86. The minimum atomic E-state index is -0.921. The van der Waals surface area contributed by atoms with Crippen molar-refractivity contribution >= 4 is 21.9 Å². The molecule has 0 aliphatic rings. The second-order valence-electron chi connectivity index (χ2n) is 5.03. The number of benzene rings is 2. The predicted octanol–water partition coefficient (Wildman–Crippen LogP) is 4.91. The zero-order valence-electron chi connectivity index (χ0n) is 12.0. The summed E-state index contributed by atoms with van der Waals surface area (Å²) in [6.45, 7) is 1.92. The van der Waals surface area contributed by atoms with E-state index in [-0.39, 0.29) is 0 Å². The number of carboxylic acid groups (broad SMARTS) is 1. The van der Waals surface area contributed by atoms with Gasteiger partial charge < -0.3 is 9.67 Å². The normalized spacial score (nSPS) is 10.6. The molecule has 1 heterocycles. The maximum atomic E-state index is 11.6. The van der Waals surface area contributed by atoms with E-state index in [1.165, 1.54) is 0 Å². The Bertz CT molecular complexity index is 838. The topological polar surface area (TPSA) is 42.2 Å². The molecule has 3 aromatic rings. The van der Waals surface area contributed by atoms with Crippen molar-refractivity contribution < 1.29 is 9.90 Å². The van der Waals surface area contributed by atoms with Crippen LogP contribution in [0.1, 0.15) is 16.1 Å². The Morgan fingerprint density at radius 1 is 1.05 bits per heavy atom. The molecule has 110 valence electrons. The summed E-state index contributed by atoms with van der Waals surface area (Å²) < 4.78 is 2.93. The zero-order valence-corrected chi connectivity index (χ0v) is 13.5. The number of aromatic nitrogens is 1. The molecule has 0 fully saturated rings. The third kappa shape index (κ3) is 2.57. The number of nitrogens with zero attached hydrogens (tertiary/aromatic N) is 1. The first kappa shape index (κ1) is 14.6. The standard InChI is InChI=1S/C18H14BrNO2/c1-12-10-16(18(21)22)17(13-6-3-2-4-7-13)20(12)15-9-5-8-14(19)11-15/h2-11H,1H3,(H,21,22). The molecule has 0 radical (unpaired) electrons. The average molecular weight is 356 g/mol. The van der Waals surface area contributed by atoms with Gasteiger partial charge in [0, 0.05) is 15.9 Å². The molecule has 0 aliphatic heterocycles. The van der Waals surface area contributed by atoms with Gasteiger partial charge >= 0.3 is 5.97 Å². The third-order valence-electron chi connectivity index (χ3n) is 3.53. The monoisotopic (exact) mass is 355 g/mol. The third-order valence-corrected chi connectivity index (χ3v) is 4.02. The summed E-state index contributed by atoms with van der Waals surface area (Å²) in [5.74, 6) is -0.921. The molecule has 4 heteroatoms. The molecular weight excluding hydrogens is 342 g/mol. The summed E-state index contributed by atoms with van der Waals surface area (Å²) >= 11 is 3.47. The van der Waals surface area contributed by atoms with Gasteiger partial charge in [0.25, 0.3) is 0 Å². The number of rotatable bonds is 3. The molecule has 0 atom stereocenters. The Kier molecular flexibility index (Phi) is 3.86. The van der Waals surface area contributed by atoms with Crippen LogP contribution in [-0.2, 0) is 0 Å². The van der Waals surface area contributed by atoms with Gasteiger partial charge in [0.1, 0.15) is 0 Å². The zero-order chi connectivity index (χ0) is 15.7. The Labute approximate surface area is 137 Å². The fraction of sp³-hybridized carbons (Fsp3) is 0.0556. The molecule has 0 unspecified atom stereocenters. The Morgan fingerprint density at radius 3 is 2.41 bits per heavy atom. The smallest absolute Gasteiger partial charge is 0.337 e. The van der Waals surface area contributed by atoms with Gasteiger partial charge in [-0.25, -0.2) is 4.79 Å². The van der Waals surface area contributed by atoms with Crippen LogP contribution >= 0.6 is 15.9 Å². The van der Waals surface area contributed by atoms with Crippen LogP contribution in [-0.4, -0.2) is 15.6 Å². The maximum absolute atomic E-state index is 11.6. The second kappa shape index (κ2) is 5.81. The molecule has 22 heavy (non-hydrogen) atoms. The number of hydrogen-bond acceptors (Lipinski definition) is 1. The summed E-state index contributed by atoms with van der Waals surface area (Å²) in [5, 5.41) is 9.54. The van der Waals surface area contributed by atoms with Crippen LogP contribution in [0.15, 0.2) is 65.1 Å². The first-order valence-electron chi connectivity index (χ1n) is 6.85. The van der Waals surface area contributed by atoms with Crippen LogP contribution < -0.4 is 0 Å². The lowest BCUT2D eigenvalue weighted by atomic mass is 10.1. The molecule has 1 N–H and O–H groups in total. The molecule has 3 nitrogen and oxygen atoms in total. The second-order valence-corrected chi connectivity index (χ2v) is 5.95. The van der Waals surface area contributed by atoms with E-state index in [0.29, 0.717) is 11.3 Å². The van der Waals surface area contributed by atoms with E-state index in [9.17, 15) is 9.90 Å². The van der Waals surface area contributed by atoms with Crippen LogP contribution in [0.25, 0.3) is 16.9 Å². The summed E-state index contributed by atoms with van der Waals surface area (Å²) in [4.78, 5) is 11.6. The quantitative estimate of drug-likeness (QED) is 0.724. The molecule has 0 saturated carbocycles. The minimum absolute atomic E-state index is 0.309. The van der Waals surface area contributed by atoms with E-state index in [0.717, 1.165) is 21.4 Å². The van der Waals surface area contributed by atoms with Gasteiger partial charge in [-0.1, -0.05) is 52.3 Å². The van der Waals surface area contributed by atoms with Gasteiger partial charge in [0.05, 0.1) is 11.3 Å². The Balaban J connectivity index is 2.33. The van der Waals surface area contributed by atoms with Gasteiger partial charge in [-0.05, 0) is 36.8 Å². The van der Waals surface area contributed by atoms with Crippen LogP contribution in [0.2, 0.25) is 0 Å². The number of aromatic carboxylic acids is 1. The highest BCUT2D eigenvalue weighted by molar-refractivity contribution is 9.10. The number of carboxylic acids is 1. The molecular formula is C18H14BrNO2. The maximum Gasteiger partial charge on any atom is 0.337 e. The van der Waals surface area contributed by atoms with E-state index < -0.39 is 5.97 Å². The molecule has 3 rings (SSSR count). The summed E-state index contributed by atoms with van der Waals surface area (Å²) in [6, 6.07) is 19.1. The highest BCUT2D eigenvalue weighted by atomic mass is 79.9. The Hall–Kier alpha value is -2.33. The molecule has 0 saturated heterocycles. The van der Waals surface area contributed by atoms with Crippen molar-refractivity contribution in [1.29, 1.82) is 0 Å². The first-order valence-corrected chi connectivity index (χ1v) is 7.64. The van der Waals surface area contributed by atoms with Crippen molar-refractivity contribution in [3.05, 3.63) is 76.4 Å². The minimum Gasteiger partial charge on any atom is -0.478 e. The van der Waals surface area contributed by atoms with Gasteiger partial charge in [-0.15, -0.1) is 0 Å². The lowest BCUT2D eigenvalue weighted by molar-refractivity contribution is 0.0698.